The van der Waals surface area contributed by atoms with Crippen molar-refractivity contribution in [3.63, 3.8) is 0 Å². The van der Waals surface area contributed by atoms with Crippen molar-refractivity contribution in [2.75, 3.05) is 19.8 Å². The minimum absolute atomic E-state index is 0.132. The first-order chi connectivity index (χ1) is 12.6. The number of nitrogens with one attached hydrogen (secondary N) is 1. The number of hydrogen-bond acceptors (Lipinski definition) is 2. The molecule has 2 aromatic carbocycles. The molecule has 138 valence electrons. The molecule has 1 amide bonds. The normalized spacial score (nSPS) is 16.3. The molecular formula is C20H20Cl2FNO2. The monoisotopic (exact) mass is 395 g/mol. The van der Waals surface area contributed by atoms with Crippen LogP contribution in [-0.2, 0) is 4.74 Å². The van der Waals surface area contributed by atoms with Crippen LogP contribution in [0.2, 0.25) is 10.0 Å². The molecule has 1 unspecified atom stereocenters. The highest BCUT2D eigenvalue weighted by Crippen LogP contribution is 2.32. The van der Waals surface area contributed by atoms with Crippen molar-refractivity contribution in [2.45, 2.75) is 18.8 Å². The number of carbonyl (C=O) groups excluding carboxylic acids is 1. The van der Waals surface area contributed by atoms with Gasteiger partial charge in [0.25, 0.3) is 5.91 Å². The van der Waals surface area contributed by atoms with Crippen LogP contribution in [0.4, 0.5) is 4.39 Å². The molecule has 0 aliphatic carbocycles. The Bertz CT molecular complexity index is 761. The smallest absolute Gasteiger partial charge is 0.252 e. The standard InChI is InChI=1S/C20H20Cl2FNO2/c21-15-6-4-13(5-7-15)17(14-8-10-26-11-9-14)12-24-20(25)16-2-1-3-18(23)19(16)22/h1-7,14,17H,8-12H2,(H,24,25). The molecule has 3 rings (SSSR count). The third-order valence-corrected chi connectivity index (χ3v) is 5.45. The fraction of sp³-hybridized carbons (Fsp3) is 0.350. The molecule has 1 saturated heterocycles. The van der Waals surface area contributed by atoms with E-state index >= 15 is 0 Å². The van der Waals surface area contributed by atoms with Gasteiger partial charge in [-0.05, 0) is 48.6 Å². The van der Waals surface area contributed by atoms with Crippen LogP contribution in [0.15, 0.2) is 42.5 Å². The van der Waals surface area contributed by atoms with E-state index in [9.17, 15) is 9.18 Å². The molecule has 2 aromatic rings. The second-order valence-electron chi connectivity index (χ2n) is 6.42. The molecule has 3 nitrogen and oxygen atoms in total. The number of rotatable bonds is 5. The van der Waals surface area contributed by atoms with Crippen LogP contribution >= 0.6 is 23.2 Å². The first-order valence-electron chi connectivity index (χ1n) is 8.61. The van der Waals surface area contributed by atoms with Gasteiger partial charge in [-0.1, -0.05) is 41.4 Å². The van der Waals surface area contributed by atoms with Crippen LogP contribution < -0.4 is 5.32 Å². The van der Waals surface area contributed by atoms with Crippen molar-refractivity contribution in [3.05, 3.63) is 69.5 Å². The maximum atomic E-state index is 13.6. The Morgan fingerprint density at radius 3 is 2.54 bits per heavy atom. The summed E-state index contributed by atoms with van der Waals surface area (Å²) < 4.78 is 19.1. The molecule has 1 aliphatic rings. The lowest BCUT2D eigenvalue weighted by Gasteiger charge is -2.31. The van der Waals surface area contributed by atoms with Gasteiger partial charge in [-0.25, -0.2) is 4.39 Å². The van der Waals surface area contributed by atoms with Crippen LogP contribution in [0.3, 0.4) is 0 Å². The lowest BCUT2D eigenvalue weighted by molar-refractivity contribution is 0.0573. The van der Waals surface area contributed by atoms with Gasteiger partial charge in [0.15, 0.2) is 0 Å². The Labute approximate surface area is 162 Å². The molecule has 1 heterocycles. The van der Waals surface area contributed by atoms with Crippen LogP contribution in [0.25, 0.3) is 0 Å². The molecule has 1 atom stereocenters. The number of hydrogen-bond donors (Lipinski definition) is 1. The third kappa shape index (κ3) is 4.56. The highest BCUT2D eigenvalue weighted by molar-refractivity contribution is 6.34. The van der Waals surface area contributed by atoms with Crippen LogP contribution in [0.1, 0.15) is 34.7 Å². The predicted molar refractivity (Wildman–Crippen MR) is 101 cm³/mol. The summed E-state index contributed by atoms with van der Waals surface area (Å²) in [7, 11) is 0. The van der Waals surface area contributed by atoms with Gasteiger partial charge in [0.1, 0.15) is 5.82 Å². The number of carbonyl (C=O) groups is 1. The molecule has 1 N–H and O–H groups in total. The summed E-state index contributed by atoms with van der Waals surface area (Å²) in [5.74, 6) is -0.445. The van der Waals surface area contributed by atoms with Gasteiger partial charge >= 0.3 is 0 Å². The van der Waals surface area contributed by atoms with Crippen LogP contribution in [0, 0.1) is 11.7 Å². The first-order valence-corrected chi connectivity index (χ1v) is 9.37. The van der Waals surface area contributed by atoms with E-state index in [1.54, 1.807) is 0 Å². The van der Waals surface area contributed by atoms with Gasteiger partial charge in [0.05, 0.1) is 10.6 Å². The van der Waals surface area contributed by atoms with E-state index in [1.165, 1.54) is 18.2 Å². The van der Waals surface area contributed by atoms with Crippen LogP contribution in [-0.4, -0.2) is 25.7 Å². The van der Waals surface area contributed by atoms with Gasteiger partial charge in [0.2, 0.25) is 0 Å². The van der Waals surface area contributed by atoms with Crippen molar-refractivity contribution in [1.82, 2.24) is 5.32 Å². The summed E-state index contributed by atoms with van der Waals surface area (Å²) in [5.41, 5.74) is 1.26. The molecule has 0 aromatic heterocycles. The Morgan fingerprint density at radius 1 is 1.15 bits per heavy atom. The summed E-state index contributed by atoms with van der Waals surface area (Å²) in [6.07, 6.45) is 1.87. The van der Waals surface area contributed by atoms with E-state index in [1.807, 2.05) is 24.3 Å². The van der Waals surface area contributed by atoms with Crippen molar-refractivity contribution in [3.8, 4) is 0 Å². The second-order valence-corrected chi connectivity index (χ2v) is 7.23. The van der Waals surface area contributed by atoms with E-state index in [2.05, 4.69) is 5.32 Å². The fourth-order valence-electron chi connectivity index (χ4n) is 3.36. The highest BCUT2D eigenvalue weighted by atomic mass is 35.5. The zero-order valence-electron chi connectivity index (χ0n) is 14.2. The lowest BCUT2D eigenvalue weighted by atomic mass is 9.81. The summed E-state index contributed by atoms with van der Waals surface area (Å²) in [5, 5.41) is 3.44. The molecule has 0 radical (unpaired) electrons. The first kappa shape index (κ1) is 19.2. The molecule has 1 aliphatic heterocycles. The molecule has 0 saturated carbocycles. The quantitative estimate of drug-likeness (QED) is 0.766. The molecular weight excluding hydrogens is 376 g/mol. The average Bonchev–Trinajstić information content (AvgIpc) is 2.66. The Hall–Kier alpha value is -1.62. The largest absolute Gasteiger partial charge is 0.381 e. The Kier molecular flexibility index (Phi) is 6.52. The van der Waals surface area contributed by atoms with Gasteiger partial charge in [-0.15, -0.1) is 0 Å². The van der Waals surface area contributed by atoms with E-state index in [4.69, 9.17) is 27.9 Å². The SMILES string of the molecule is O=C(NCC(c1ccc(Cl)cc1)C1CCOCC1)c1cccc(F)c1Cl. The van der Waals surface area contributed by atoms with Crippen molar-refractivity contribution in [1.29, 1.82) is 0 Å². The minimum atomic E-state index is -0.599. The van der Waals surface area contributed by atoms with Gasteiger partial charge in [0, 0.05) is 30.7 Å². The molecule has 0 spiro atoms. The summed E-state index contributed by atoms with van der Waals surface area (Å²) in [4.78, 5) is 12.5. The molecule has 26 heavy (non-hydrogen) atoms. The van der Waals surface area contributed by atoms with Crippen molar-refractivity contribution < 1.29 is 13.9 Å². The maximum absolute atomic E-state index is 13.6. The van der Waals surface area contributed by atoms with Crippen LogP contribution in [0.5, 0.6) is 0 Å². The summed E-state index contributed by atoms with van der Waals surface area (Å²) >= 11 is 11.9. The van der Waals surface area contributed by atoms with Gasteiger partial charge in [-0.2, -0.15) is 0 Å². The van der Waals surface area contributed by atoms with Gasteiger partial charge < -0.3 is 10.1 Å². The zero-order chi connectivity index (χ0) is 18.5. The minimum Gasteiger partial charge on any atom is -0.381 e. The second kappa shape index (κ2) is 8.85. The van der Waals surface area contributed by atoms with E-state index in [-0.39, 0.29) is 22.4 Å². The molecule has 0 bridgehead atoms. The van der Waals surface area contributed by atoms with Gasteiger partial charge in [-0.3, -0.25) is 4.79 Å². The number of amides is 1. The fourth-order valence-corrected chi connectivity index (χ4v) is 3.70. The van der Waals surface area contributed by atoms with Crippen molar-refractivity contribution >= 4 is 29.1 Å². The topological polar surface area (TPSA) is 38.3 Å². The summed E-state index contributed by atoms with van der Waals surface area (Å²) in [6.45, 7) is 1.88. The van der Waals surface area contributed by atoms with E-state index in [0.29, 0.717) is 17.5 Å². The third-order valence-electron chi connectivity index (χ3n) is 4.81. The molecule has 1 fully saturated rings. The number of ether oxygens (including phenoxy) is 1. The number of halogens is 3. The predicted octanol–water partition coefficient (Wildman–Crippen LogP) is 5.07. The Morgan fingerprint density at radius 2 is 1.85 bits per heavy atom. The molecule has 6 heteroatoms. The van der Waals surface area contributed by atoms with E-state index in [0.717, 1.165) is 31.6 Å². The number of benzene rings is 2. The highest BCUT2D eigenvalue weighted by Gasteiger charge is 2.26. The zero-order valence-corrected chi connectivity index (χ0v) is 15.7. The maximum Gasteiger partial charge on any atom is 0.252 e. The Balaban J connectivity index is 1.76. The van der Waals surface area contributed by atoms with E-state index < -0.39 is 5.82 Å². The summed E-state index contributed by atoms with van der Waals surface area (Å²) in [6, 6.07) is 11.9. The average molecular weight is 396 g/mol. The van der Waals surface area contributed by atoms with Crippen molar-refractivity contribution in [2.24, 2.45) is 5.92 Å². The lowest BCUT2D eigenvalue weighted by Crippen LogP contribution is -2.33.